The van der Waals surface area contributed by atoms with Gasteiger partial charge in [-0.2, -0.15) is 0 Å². The fourth-order valence-corrected chi connectivity index (χ4v) is 4.19. The highest BCUT2D eigenvalue weighted by Gasteiger charge is 2.31. The first-order valence-corrected chi connectivity index (χ1v) is 9.68. The quantitative estimate of drug-likeness (QED) is 0.626. The number of ketones is 1. The van der Waals surface area contributed by atoms with Crippen LogP contribution in [0.3, 0.4) is 0 Å². The van der Waals surface area contributed by atoms with E-state index in [0.717, 1.165) is 30.0 Å². The molecule has 1 aliphatic heterocycles. The van der Waals surface area contributed by atoms with Crippen molar-refractivity contribution >= 4 is 23.0 Å². The summed E-state index contributed by atoms with van der Waals surface area (Å²) in [6, 6.07) is 5.08. The molecule has 8 heteroatoms. The highest BCUT2D eigenvalue weighted by atomic mass is 32.1. The molecule has 0 aliphatic carbocycles. The first-order chi connectivity index (χ1) is 13.0. The minimum Gasteiger partial charge on any atom is -0.391 e. The monoisotopic (exact) mass is 391 g/mol. The Balaban J connectivity index is 1.73. The number of hydrogen-bond donors (Lipinski definition) is 3. The minimum absolute atomic E-state index is 0.00957. The maximum atomic E-state index is 13.0. The van der Waals surface area contributed by atoms with E-state index in [1.165, 1.54) is 35.6 Å². The third-order valence-corrected chi connectivity index (χ3v) is 5.86. The van der Waals surface area contributed by atoms with Crippen LogP contribution in [0.15, 0.2) is 24.3 Å². The van der Waals surface area contributed by atoms with E-state index in [4.69, 9.17) is 0 Å². The molecule has 6 nitrogen and oxygen atoms in total. The van der Waals surface area contributed by atoms with Crippen LogP contribution in [0.4, 0.5) is 4.39 Å². The van der Waals surface area contributed by atoms with Gasteiger partial charge in [0, 0.05) is 12.5 Å². The largest absolute Gasteiger partial charge is 0.391 e. The Morgan fingerprint density at radius 3 is 2.74 bits per heavy atom. The molecule has 1 saturated heterocycles. The zero-order valence-corrected chi connectivity index (χ0v) is 15.8. The lowest BCUT2D eigenvalue weighted by atomic mass is 10.1. The van der Waals surface area contributed by atoms with Crippen LogP contribution in [-0.2, 0) is 22.6 Å². The lowest BCUT2D eigenvalue weighted by Gasteiger charge is -2.22. The van der Waals surface area contributed by atoms with Crippen LogP contribution in [-0.4, -0.2) is 34.4 Å². The number of nitrogens with one attached hydrogen (secondary N) is 2. The van der Waals surface area contributed by atoms with Crippen molar-refractivity contribution in [3.63, 3.8) is 0 Å². The molecule has 1 aromatic carbocycles. The number of rotatable bonds is 7. The second kappa shape index (κ2) is 8.69. The molecule has 2 atom stereocenters. The van der Waals surface area contributed by atoms with Gasteiger partial charge in [-0.1, -0.05) is 12.1 Å². The molecule has 27 heavy (non-hydrogen) atoms. The van der Waals surface area contributed by atoms with E-state index >= 15 is 0 Å². The van der Waals surface area contributed by atoms with Gasteiger partial charge in [0.15, 0.2) is 0 Å². The molecule has 0 radical (unpaired) electrons. The van der Waals surface area contributed by atoms with Crippen LogP contribution in [0.1, 0.15) is 40.0 Å². The number of hydrogen-bond acceptors (Lipinski definition) is 6. The third-order valence-electron chi connectivity index (χ3n) is 4.64. The van der Waals surface area contributed by atoms with Gasteiger partial charge < -0.3 is 15.7 Å². The van der Waals surface area contributed by atoms with Crippen molar-refractivity contribution in [1.29, 1.82) is 0 Å². The molecule has 1 aromatic heterocycles. The number of aromatic nitrogens is 1. The van der Waals surface area contributed by atoms with Gasteiger partial charge in [0.05, 0.1) is 23.2 Å². The number of thiazole rings is 1. The van der Waals surface area contributed by atoms with Crippen molar-refractivity contribution in [1.82, 2.24) is 15.6 Å². The summed E-state index contributed by atoms with van der Waals surface area (Å²) in [5, 5.41) is 16.2. The Kier molecular flexibility index (Phi) is 6.30. The van der Waals surface area contributed by atoms with Gasteiger partial charge in [-0.15, -0.1) is 11.3 Å². The predicted molar refractivity (Wildman–Crippen MR) is 99.8 cm³/mol. The maximum Gasteiger partial charge on any atom is 0.288 e. The van der Waals surface area contributed by atoms with Gasteiger partial charge in [-0.05, 0) is 44.0 Å². The number of carbonyl (C=O) groups excluding carboxylic acids is 2. The molecule has 0 saturated carbocycles. The third kappa shape index (κ3) is 4.77. The molecule has 0 bridgehead atoms. The summed E-state index contributed by atoms with van der Waals surface area (Å²) >= 11 is 1.34. The molecule has 3 rings (SSSR count). The zero-order valence-electron chi connectivity index (χ0n) is 15.0. The number of carbonyl (C=O) groups is 2. The average Bonchev–Trinajstić information content (AvgIpc) is 3.31. The number of halogens is 1. The van der Waals surface area contributed by atoms with Crippen molar-refractivity contribution in [3.8, 4) is 0 Å². The molecule has 1 aliphatic rings. The average molecular weight is 391 g/mol. The van der Waals surface area contributed by atoms with Crippen LogP contribution in [0, 0.1) is 12.7 Å². The van der Waals surface area contributed by atoms with E-state index in [9.17, 15) is 19.1 Å². The van der Waals surface area contributed by atoms with Crippen molar-refractivity contribution in [2.45, 2.75) is 44.9 Å². The van der Waals surface area contributed by atoms with Gasteiger partial charge in [0.1, 0.15) is 10.8 Å². The Morgan fingerprint density at radius 2 is 2.15 bits per heavy atom. The van der Waals surface area contributed by atoms with Crippen molar-refractivity contribution in [3.05, 3.63) is 51.2 Å². The number of aliphatic hydroxyl groups excluding tert-OH is 1. The van der Waals surface area contributed by atoms with Gasteiger partial charge in [-0.3, -0.25) is 9.59 Å². The number of benzene rings is 1. The predicted octanol–water partition coefficient (Wildman–Crippen LogP) is 1.80. The summed E-state index contributed by atoms with van der Waals surface area (Å²) in [6.45, 7) is 2.55. The molecule has 0 spiro atoms. The first kappa shape index (κ1) is 19.6. The number of Topliss-reactive ketones (excluding diaryl/α,β-unsaturated/α-hetero) is 1. The van der Waals surface area contributed by atoms with Crippen molar-refractivity contribution in [2.75, 3.05) is 6.54 Å². The highest BCUT2D eigenvalue weighted by Crippen LogP contribution is 2.29. The standard InChI is InChI=1S/C19H22FN3O3S/c1-11-16(10-24)27-19(22-11)17(14-3-2-8-21-14)23-18(26)15(25)9-12-4-6-13(20)7-5-12/h4-7,14,17,21,24H,2-3,8-10H2,1H3,(H,23,26). The Labute approximate surface area is 160 Å². The zero-order chi connectivity index (χ0) is 19.4. The highest BCUT2D eigenvalue weighted by molar-refractivity contribution is 7.11. The van der Waals surface area contributed by atoms with Gasteiger partial charge >= 0.3 is 0 Å². The number of nitrogens with zero attached hydrogens (tertiary/aromatic N) is 1. The van der Waals surface area contributed by atoms with Gasteiger partial charge in [0.2, 0.25) is 5.78 Å². The van der Waals surface area contributed by atoms with Crippen LogP contribution in [0.5, 0.6) is 0 Å². The van der Waals surface area contributed by atoms with Crippen molar-refractivity contribution < 1.29 is 19.1 Å². The first-order valence-electron chi connectivity index (χ1n) is 8.86. The van der Waals surface area contributed by atoms with Crippen LogP contribution >= 0.6 is 11.3 Å². The normalized spacial score (nSPS) is 17.7. The van der Waals surface area contributed by atoms with Crippen LogP contribution in [0.2, 0.25) is 0 Å². The summed E-state index contributed by atoms with van der Waals surface area (Å²) in [7, 11) is 0. The van der Waals surface area contributed by atoms with E-state index in [1.54, 1.807) is 0 Å². The number of aliphatic hydroxyl groups is 1. The van der Waals surface area contributed by atoms with Gasteiger partial charge in [-0.25, -0.2) is 9.37 Å². The lowest BCUT2D eigenvalue weighted by molar-refractivity contribution is -0.138. The van der Waals surface area contributed by atoms with E-state index < -0.39 is 17.7 Å². The minimum atomic E-state index is -0.684. The molecule has 1 fully saturated rings. The van der Waals surface area contributed by atoms with E-state index in [1.807, 2.05) is 6.92 Å². The van der Waals surface area contributed by atoms with E-state index in [0.29, 0.717) is 10.6 Å². The summed E-state index contributed by atoms with van der Waals surface area (Å²) in [5.41, 5.74) is 1.31. The fraction of sp³-hybridized carbons (Fsp3) is 0.421. The van der Waals surface area contributed by atoms with Crippen molar-refractivity contribution in [2.24, 2.45) is 0 Å². The molecule has 3 N–H and O–H groups in total. The summed E-state index contributed by atoms with van der Waals surface area (Å²) in [5.74, 6) is -1.65. The van der Waals surface area contributed by atoms with E-state index in [-0.39, 0.29) is 24.9 Å². The van der Waals surface area contributed by atoms with Crippen LogP contribution in [0.25, 0.3) is 0 Å². The fourth-order valence-electron chi connectivity index (χ4n) is 3.15. The SMILES string of the molecule is Cc1nc(C(NC(=O)C(=O)Cc2ccc(F)cc2)C2CCCN2)sc1CO. The smallest absolute Gasteiger partial charge is 0.288 e. The second-order valence-corrected chi connectivity index (χ2v) is 7.71. The second-order valence-electron chi connectivity index (χ2n) is 6.60. The Morgan fingerprint density at radius 1 is 1.41 bits per heavy atom. The molecular formula is C19H22FN3O3S. The maximum absolute atomic E-state index is 13.0. The summed E-state index contributed by atoms with van der Waals surface area (Å²) in [6.07, 6.45) is 1.76. The number of amides is 1. The topological polar surface area (TPSA) is 91.3 Å². The summed E-state index contributed by atoms with van der Waals surface area (Å²) < 4.78 is 13.0. The molecule has 2 heterocycles. The molecule has 144 valence electrons. The van der Waals surface area contributed by atoms with Crippen LogP contribution < -0.4 is 10.6 Å². The Bertz CT molecular complexity index is 816. The lowest BCUT2D eigenvalue weighted by Crippen LogP contribution is -2.43. The number of aryl methyl sites for hydroxylation is 1. The molecule has 1 amide bonds. The Hall–Kier alpha value is -2.16. The molecular weight excluding hydrogens is 369 g/mol. The van der Waals surface area contributed by atoms with E-state index in [2.05, 4.69) is 15.6 Å². The molecule has 2 unspecified atom stereocenters. The summed E-state index contributed by atoms with van der Waals surface area (Å²) in [4.78, 5) is 30.0. The van der Waals surface area contributed by atoms with Gasteiger partial charge in [0.25, 0.3) is 5.91 Å². The molecule has 2 aromatic rings.